The molecule has 0 aliphatic heterocycles. The van der Waals surface area contributed by atoms with Crippen LogP contribution in [0.3, 0.4) is 0 Å². The summed E-state index contributed by atoms with van der Waals surface area (Å²) >= 11 is 0. The molecule has 0 aliphatic carbocycles. The number of rotatable bonds is 7. The van der Waals surface area contributed by atoms with Gasteiger partial charge in [0.1, 0.15) is 0 Å². The molecule has 1 atom stereocenters. The molecule has 3 amide bonds. The molecule has 0 heterocycles. The van der Waals surface area contributed by atoms with Gasteiger partial charge in [-0.2, -0.15) is 0 Å². The summed E-state index contributed by atoms with van der Waals surface area (Å²) < 4.78 is 5.15. The maximum Gasteiger partial charge on any atom is 0.311 e. The third kappa shape index (κ3) is 6.24. The number of hydrogen-bond acceptors (Lipinski definition) is 5. The monoisotopic (exact) mass is 383 g/mol. The second-order valence-corrected chi connectivity index (χ2v) is 6.12. The van der Waals surface area contributed by atoms with Crippen molar-refractivity contribution in [3.05, 3.63) is 59.7 Å². The summed E-state index contributed by atoms with van der Waals surface area (Å²) in [5.41, 5.74) is 7.24. The molecule has 4 N–H and O–H groups in total. The normalized spacial score (nSPS) is 11.2. The Morgan fingerprint density at radius 3 is 2.00 bits per heavy atom. The zero-order valence-corrected chi connectivity index (χ0v) is 15.5. The molecule has 8 heteroatoms. The highest BCUT2D eigenvalue weighted by Crippen LogP contribution is 2.12. The summed E-state index contributed by atoms with van der Waals surface area (Å²) in [6.45, 7) is 2.87. The molecule has 2 aromatic rings. The van der Waals surface area contributed by atoms with E-state index < -0.39 is 23.9 Å². The topological polar surface area (TPSA) is 128 Å². The highest BCUT2D eigenvalue weighted by molar-refractivity contribution is 5.96. The Bertz CT molecular complexity index is 876. The lowest BCUT2D eigenvalue weighted by Crippen LogP contribution is -2.30. The fourth-order valence-corrected chi connectivity index (χ4v) is 2.33. The summed E-state index contributed by atoms with van der Waals surface area (Å²) in [4.78, 5) is 46.2. The smallest absolute Gasteiger partial charge is 0.311 e. The van der Waals surface area contributed by atoms with Crippen molar-refractivity contribution in [2.45, 2.75) is 26.4 Å². The Labute approximate surface area is 162 Å². The highest BCUT2D eigenvalue weighted by Gasteiger charge is 2.18. The molecule has 0 unspecified atom stereocenters. The molecule has 0 spiro atoms. The van der Waals surface area contributed by atoms with Crippen LogP contribution in [0, 0.1) is 0 Å². The van der Waals surface area contributed by atoms with Crippen LogP contribution in [0.15, 0.2) is 48.5 Å². The largest absolute Gasteiger partial charge is 0.452 e. The zero-order valence-electron chi connectivity index (χ0n) is 15.5. The van der Waals surface area contributed by atoms with Gasteiger partial charge in [-0.3, -0.25) is 19.2 Å². The van der Waals surface area contributed by atoms with Crippen molar-refractivity contribution in [2.24, 2.45) is 5.73 Å². The summed E-state index contributed by atoms with van der Waals surface area (Å²) in [7, 11) is 0. The fraction of sp³-hybridized carbons (Fsp3) is 0.200. The van der Waals surface area contributed by atoms with Crippen LogP contribution in [0.1, 0.15) is 29.8 Å². The van der Waals surface area contributed by atoms with Gasteiger partial charge < -0.3 is 21.1 Å². The van der Waals surface area contributed by atoms with Crippen LogP contribution in [0.4, 0.5) is 11.4 Å². The zero-order chi connectivity index (χ0) is 20.7. The molecule has 28 heavy (non-hydrogen) atoms. The van der Waals surface area contributed by atoms with Gasteiger partial charge in [-0.1, -0.05) is 12.1 Å². The second-order valence-electron chi connectivity index (χ2n) is 6.12. The number of anilines is 2. The standard InChI is InChI=1S/C20H21N3O5/c1-12(20(27)23-17-9-5-15(6-10-17)19(21)26)28-18(25)11-14-3-7-16(8-4-14)22-13(2)24/h3-10,12H,11H2,1-2H3,(H2,21,26)(H,22,24)(H,23,27)/t12-/m1/s1. The first-order valence-electron chi connectivity index (χ1n) is 8.51. The Morgan fingerprint density at radius 2 is 1.46 bits per heavy atom. The first kappa shape index (κ1) is 20.6. The van der Waals surface area contributed by atoms with Crippen LogP contribution in [-0.4, -0.2) is 29.8 Å². The van der Waals surface area contributed by atoms with Crippen molar-refractivity contribution < 1.29 is 23.9 Å². The Kier molecular flexibility index (Phi) is 6.86. The first-order chi connectivity index (χ1) is 13.2. The van der Waals surface area contributed by atoms with Crippen LogP contribution in [0.25, 0.3) is 0 Å². The van der Waals surface area contributed by atoms with Gasteiger partial charge in [-0.05, 0) is 48.9 Å². The Balaban J connectivity index is 1.86. The molecule has 0 saturated heterocycles. The maximum atomic E-state index is 12.1. The molecule has 0 bridgehead atoms. The van der Waals surface area contributed by atoms with Crippen molar-refractivity contribution in [1.29, 1.82) is 0 Å². The van der Waals surface area contributed by atoms with E-state index >= 15 is 0 Å². The van der Waals surface area contributed by atoms with Crippen molar-refractivity contribution >= 4 is 35.1 Å². The van der Waals surface area contributed by atoms with Gasteiger partial charge in [-0.15, -0.1) is 0 Å². The lowest BCUT2D eigenvalue weighted by molar-refractivity contribution is -0.152. The summed E-state index contributed by atoms with van der Waals surface area (Å²) in [5.74, 6) is -1.80. The van der Waals surface area contributed by atoms with Crippen LogP contribution < -0.4 is 16.4 Å². The maximum absolute atomic E-state index is 12.1. The number of carbonyl (C=O) groups is 4. The van der Waals surface area contributed by atoms with E-state index in [0.717, 1.165) is 0 Å². The van der Waals surface area contributed by atoms with Gasteiger partial charge in [0.15, 0.2) is 6.10 Å². The highest BCUT2D eigenvalue weighted by atomic mass is 16.5. The van der Waals surface area contributed by atoms with E-state index in [-0.39, 0.29) is 12.3 Å². The van der Waals surface area contributed by atoms with Crippen LogP contribution >= 0.6 is 0 Å². The van der Waals surface area contributed by atoms with Gasteiger partial charge in [0.25, 0.3) is 5.91 Å². The third-order valence-corrected chi connectivity index (χ3v) is 3.74. The lowest BCUT2D eigenvalue weighted by atomic mass is 10.1. The molecular weight excluding hydrogens is 362 g/mol. The van der Waals surface area contributed by atoms with Crippen molar-refractivity contribution in [3.63, 3.8) is 0 Å². The molecule has 0 saturated carbocycles. The lowest BCUT2D eigenvalue weighted by Gasteiger charge is -2.14. The van der Waals surface area contributed by atoms with Gasteiger partial charge in [-0.25, -0.2) is 0 Å². The Morgan fingerprint density at radius 1 is 0.929 bits per heavy atom. The van der Waals surface area contributed by atoms with E-state index in [2.05, 4.69) is 10.6 Å². The molecule has 0 fully saturated rings. The molecule has 0 radical (unpaired) electrons. The molecule has 8 nitrogen and oxygen atoms in total. The van der Waals surface area contributed by atoms with Gasteiger partial charge in [0, 0.05) is 23.9 Å². The van der Waals surface area contributed by atoms with E-state index in [1.807, 2.05) is 0 Å². The van der Waals surface area contributed by atoms with Gasteiger partial charge >= 0.3 is 5.97 Å². The Hall–Kier alpha value is -3.68. The number of primary amides is 1. The second kappa shape index (κ2) is 9.31. The predicted molar refractivity (Wildman–Crippen MR) is 104 cm³/mol. The van der Waals surface area contributed by atoms with Crippen LogP contribution in [-0.2, 0) is 25.5 Å². The number of benzene rings is 2. The van der Waals surface area contributed by atoms with E-state index in [9.17, 15) is 19.2 Å². The minimum absolute atomic E-state index is 0.00865. The van der Waals surface area contributed by atoms with E-state index in [1.165, 1.54) is 38.1 Å². The quantitative estimate of drug-likeness (QED) is 0.629. The summed E-state index contributed by atoms with van der Waals surface area (Å²) in [6.07, 6.45) is -1.01. The number of carbonyl (C=O) groups excluding carboxylic acids is 4. The average Bonchev–Trinajstić information content (AvgIpc) is 2.63. The molecule has 0 aliphatic rings. The molecule has 0 aromatic heterocycles. The van der Waals surface area contributed by atoms with Crippen molar-refractivity contribution in [3.8, 4) is 0 Å². The van der Waals surface area contributed by atoms with Crippen LogP contribution in [0.5, 0.6) is 0 Å². The number of esters is 1. The van der Waals surface area contributed by atoms with E-state index in [4.69, 9.17) is 10.5 Å². The number of nitrogens with one attached hydrogen (secondary N) is 2. The molecule has 2 aromatic carbocycles. The van der Waals surface area contributed by atoms with Gasteiger partial charge in [0.05, 0.1) is 6.42 Å². The predicted octanol–water partition coefficient (Wildman–Crippen LogP) is 1.86. The number of ether oxygens (including phenoxy) is 1. The van der Waals surface area contributed by atoms with Crippen molar-refractivity contribution in [1.82, 2.24) is 0 Å². The van der Waals surface area contributed by atoms with Crippen molar-refractivity contribution in [2.75, 3.05) is 10.6 Å². The first-order valence-corrected chi connectivity index (χ1v) is 8.51. The molecule has 2 rings (SSSR count). The summed E-state index contributed by atoms with van der Waals surface area (Å²) in [6, 6.07) is 12.8. The van der Waals surface area contributed by atoms with E-state index in [1.54, 1.807) is 24.3 Å². The SMILES string of the molecule is CC(=O)Nc1ccc(CC(=O)O[C@H](C)C(=O)Nc2ccc(C(N)=O)cc2)cc1. The fourth-order valence-electron chi connectivity index (χ4n) is 2.33. The van der Waals surface area contributed by atoms with E-state index in [0.29, 0.717) is 22.5 Å². The minimum Gasteiger partial charge on any atom is -0.452 e. The van der Waals surface area contributed by atoms with Gasteiger partial charge in [0.2, 0.25) is 11.8 Å². The number of amides is 3. The minimum atomic E-state index is -0.998. The molecule has 146 valence electrons. The molecular formula is C20H21N3O5. The number of hydrogen-bond donors (Lipinski definition) is 3. The average molecular weight is 383 g/mol. The third-order valence-electron chi connectivity index (χ3n) is 3.74. The number of nitrogens with two attached hydrogens (primary N) is 1. The van der Waals surface area contributed by atoms with Crippen LogP contribution in [0.2, 0.25) is 0 Å². The summed E-state index contributed by atoms with van der Waals surface area (Å²) in [5, 5.41) is 5.23.